The van der Waals surface area contributed by atoms with Gasteiger partial charge in [0.25, 0.3) is 11.5 Å². The van der Waals surface area contributed by atoms with Crippen LogP contribution in [0.1, 0.15) is 32.7 Å². The molecule has 132 valence electrons. The first-order valence-electron chi connectivity index (χ1n) is 8.20. The highest BCUT2D eigenvalue weighted by Crippen LogP contribution is 2.27. The second-order valence-electron chi connectivity index (χ2n) is 6.56. The summed E-state index contributed by atoms with van der Waals surface area (Å²) < 4.78 is 6.03. The number of amides is 1. The molecule has 2 aromatic rings. The molecule has 0 bridgehead atoms. The molecule has 2 heterocycles. The summed E-state index contributed by atoms with van der Waals surface area (Å²) in [6.07, 6.45) is -0.0657. The Labute approximate surface area is 151 Å². The lowest BCUT2D eigenvalue weighted by Gasteiger charge is -2.39. The highest BCUT2D eigenvalue weighted by Gasteiger charge is 2.35. The van der Waals surface area contributed by atoms with Gasteiger partial charge in [-0.05, 0) is 44.4 Å². The second-order valence-corrected chi connectivity index (χ2v) is 6.94. The number of likely N-dealkylation sites (tertiary alicyclic amines) is 1. The first kappa shape index (κ1) is 17.5. The van der Waals surface area contributed by atoms with Gasteiger partial charge in [-0.1, -0.05) is 29.8 Å². The van der Waals surface area contributed by atoms with Crippen molar-refractivity contribution in [3.8, 4) is 5.75 Å². The number of carbonyl (C=O) groups is 1. The van der Waals surface area contributed by atoms with E-state index >= 15 is 0 Å². The number of ether oxygens (including phenoxy) is 1. The van der Waals surface area contributed by atoms with Crippen molar-refractivity contribution in [2.75, 3.05) is 13.1 Å². The van der Waals surface area contributed by atoms with E-state index < -0.39 is 5.56 Å². The molecule has 0 saturated carbocycles. The van der Waals surface area contributed by atoms with Crippen LogP contribution in [-0.2, 0) is 0 Å². The molecule has 1 aliphatic heterocycles. The Kier molecular flexibility index (Phi) is 4.60. The Morgan fingerprint density at radius 1 is 1.20 bits per heavy atom. The van der Waals surface area contributed by atoms with Gasteiger partial charge in [0.15, 0.2) is 0 Å². The molecule has 3 rings (SSSR count). The van der Waals surface area contributed by atoms with Crippen LogP contribution in [0.3, 0.4) is 0 Å². The quantitative estimate of drug-likeness (QED) is 0.914. The van der Waals surface area contributed by atoms with Crippen molar-refractivity contribution in [2.24, 2.45) is 0 Å². The maximum absolute atomic E-state index is 12.7. The zero-order valence-corrected chi connectivity index (χ0v) is 15.5. The summed E-state index contributed by atoms with van der Waals surface area (Å²) in [5.41, 5.74) is 2.95. The monoisotopic (exact) mass is 360 g/mol. The van der Waals surface area contributed by atoms with Gasteiger partial charge in [-0.2, -0.15) is 0 Å². The number of rotatable bonds is 3. The topological polar surface area (TPSA) is 62.4 Å². The molecule has 1 N–H and O–H groups in total. The molecule has 5 nitrogen and oxygen atoms in total. The summed E-state index contributed by atoms with van der Waals surface area (Å²) in [5, 5.41) is 0.423. The maximum atomic E-state index is 12.7. The first-order valence-corrected chi connectivity index (χ1v) is 8.58. The van der Waals surface area contributed by atoms with Crippen molar-refractivity contribution in [1.29, 1.82) is 0 Å². The normalized spacial score (nSPS) is 14.4. The molecule has 0 spiro atoms. The minimum absolute atomic E-state index is 0.0657. The van der Waals surface area contributed by atoms with Crippen LogP contribution < -0.4 is 10.3 Å². The fourth-order valence-corrected chi connectivity index (χ4v) is 3.24. The number of nitrogens with one attached hydrogen (secondary N) is 1. The Balaban J connectivity index is 1.72. The van der Waals surface area contributed by atoms with Crippen LogP contribution in [0.2, 0.25) is 5.02 Å². The minimum atomic E-state index is -0.400. The summed E-state index contributed by atoms with van der Waals surface area (Å²) in [6.45, 7) is 8.32. The van der Waals surface area contributed by atoms with Gasteiger partial charge in [0.1, 0.15) is 17.4 Å². The van der Waals surface area contributed by atoms with E-state index in [0.717, 1.165) is 16.9 Å². The number of aryl methyl sites for hydroxylation is 3. The molecule has 0 atom stereocenters. The number of hydrogen-bond donors (Lipinski definition) is 1. The second kappa shape index (κ2) is 6.56. The third-order valence-electron chi connectivity index (χ3n) is 4.60. The van der Waals surface area contributed by atoms with Crippen LogP contribution in [0, 0.1) is 27.7 Å². The van der Waals surface area contributed by atoms with E-state index in [9.17, 15) is 9.59 Å². The number of aromatic nitrogens is 1. The summed E-state index contributed by atoms with van der Waals surface area (Å²) in [5.74, 6) is 0.564. The lowest BCUT2D eigenvalue weighted by atomic mass is 10.0. The fourth-order valence-electron chi connectivity index (χ4n) is 3.09. The van der Waals surface area contributed by atoms with Crippen LogP contribution >= 0.6 is 11.6 Å². The largest absolute Gasteiger partial charge is 0.486 e. The summed E-state index contributed by atoms with van der Waals surface area (Å²) in [4.78, 5) is 29.1. The van der Waals surface area contributed by atoms with Crippen molar-refractivity contribution in [3.63, 3.8) is 0 Å². The Hall–Kier alpha value is -2.27. The fraction of sp³-hybridized carbons (Fsp3) is 0.368. The average molecular weight is 361 g/mol. The molecule has 1 aromatic heterocycles. The standard InChI is InChI=1S/C19H21ClN2O3/c1-10-6-5-7-11(2)17(10)25-14-8-22(9-14)19(24)15-12(3)16(20)13(4)21-18(15)23/h5-7,14H,8-9H2,1-4H3,(H,21,23). The van der Waals surface area contributed by atoms with Gasteiger partial charge >= 0.3 is 0 Å². The third-order valence-corrected chi connectivity index (χ3v) is 5.17. The number of pyridine rings is 1. The van der Waals surface area contributed by atoms with E-state index in [1.54, 1.807) is 18.7 Å². The highest BCUT2D eigenvalue weighted by atomic mass is 35.5. The number of carbonyl (C=O) groups excluding carboxylic acids is 1. The average Bonchev–Trinajstić information content (AvgIpc) is 2.50. The molecule has 1 saturated heterocycles. The van der Waals surface area contributed by atoms with Gasteiger partial charge in [-0.3, -0.25) is 9.59 Å². The van der Waals surface area contributed by atoms with Gasteiger partial charge in [0.05, 0.1) is 18.1 Å². The number of aromatic amines is 1. The van der Waals surface area contributed by atoms with E-state index in [2.05, 4.69) is 4.98 Å². The molecule has 0 aliphatic carbocycles. The van der Waals surface area contributed by atoms with Crippen molar-refractivity contribution < 1.29 is 9.53 Å². The zero-order valence-electron chi connectivity index (χ0n) is 14.8. The predicted molar refractivity (Wildman–Crippen MR) is 97.8 cm³/mol. The third kappa shape index (κ3) is 3.16. The zero-order chi connectivity index (χ0) is 18.3. The maximum Gasteiger partial charge on any atom is 0.261 e. The molecule has 0 radical (unpaired) electrons. The Morgan fingerprint density at radius 3 is 2.40 bits per heavy atom. The van der Waals surface area contributed by atoms with E-state index in [-0.39, 0.29) is 17.6 Å². The lowest BCUT2D eigenvalue weighted by Crippen LogP contribution is -2.57. The van der Waals surface area contributed by atoms with E-state index in [1.807, 2.05) is 32.0 Å². The van der Waals surface area contributed by atoms with Crippen molar-refractivity contribution in [2.45, 2.75) is 33.8 Å². The van der Waals surface area contributed by atoms with E-state index in [4.69, 9.17) is 16.3 Å². The number of nitrogens with zero attached hydrogens (tertiary/aromatic N) is 1. The van der Waals surface area contributed by atoms with Crippen LogP contribution in [0.25, 0.3) is 0 Å². The number of hydrogen-bond acceptors (Lipinski definition) is 3. The molecule has 0 unspecified atom stereocenters. The SMILES string of the molecule is Cc1cccc(C)c1OC1CN(C(=O)c2c(C)c(Cl)c(C)[nH]c2=O)C1. The predicted octanol–water partition coefficient (Wildman–Crippen LogP) is 3.17. The summed E-state index contributed by atoms with van der Waals surface area (Å²) in [7, 11) is 0. The summed E-state index contributed by atoms with van der Waals surface area (Å²) in [6, 6.07) is 5.99. The summed E-state index contributed by atoms with van der Waals surface area (Å²) >= 11 is 6.17. The van der Waals surface area contributed by atoms with Crippen LogP contribution in [-0.4, -0.2) is 35.0 Å². The van der Waals surface area contributed by atoms with Crippen molar-refractivity contribution in [3.05, 3.63) is 61.5 Å². The Morgan fingerprint density at radius 2 is 1.80 bits per heavy atom. The number of halogens is 1. The van der Waals surface area contributed by atoms with Crippen molar-refractivity contribution in [1.82, 2.24) is 9.88 Å². The van der Waals surface area contributed by atoms with Crippen LogP contribution in [0.15, 0.2) is 23.0 Å². The van der Waals surface area contributed by atoms with E-state index in [1.165, 1.54) is 0 Å². The van der Waals surface area contributed by atoms with Gasteiger partial charge in [-0.15, -0.1) is 0 Å². The molecular weight excluding hydrogens is 340 g/mol. The van der Waals surface area contributed by atoms with E-state index in [0.29, 0.717) is 29.4 Å². The molecular formula is C19H21ClN2O3. The smallest absolute Gasteiger partial charge is 0.261 e. The first-order chi connectivity index (χ1) is 11.8. The molecule has 6 heteroatoms. The number of para-hydroxylation sites is 1. The molecule has 1 aromatic carbocycles. The van der Waals surface area contributed by atoms with Gasteiger partial charge in [0.2, 0.25) is 0 Å². The van der Waals surface area contributed by atoms with Gasteiger partial charge in [0, 0.05) is 5.69 Å². The lowest BCUT2D eigenvalue weighted by molar-refractivity contribution is 0.0171. The number of H-pyrrole nitrogens is 1. The molecule has 1 amide bonds. The Bertz CT molecular complexity index is 878. The van der Waals surface area contributed by atoms with Crippen LogP contribution in [0.4, 0.5) is 0 Å². The van der Waals surface area contributed by atoms with Crippen molar-refractivity contribution >= 4 is 17.5 Å². The minimum Gasteiger partial charge on any atom is -0.486 e. The van der Waals surface area contributed by atoms with Gasteiger partial charge in [-0.25, -0.2) is 0 Å². The van der Waals surface area contributed by atoms with Crippen LogP contribution in [0.5, 0.6) is 5.75 Å². The molecule has 1 aliphatic rings. The molecule has 25 heavy (non-hydrogen) atoms. The molecule has 1 fully saturated rings. The van der Waals surface area contributed by atoms with Gasteiger partial charge < -0.3 is 14.6 Å². The number of benzene rings is 1. The highest BCUT2D eigenvalue weighted by molar-refractivity contribution is 6.32.